The second kappa shape index (κ2) is 18.3. The second-order valence-electron chi connectivity index (χ2n) is 17.7. The third-order valence-electron chi connectivity index (χ3n) is 13.8. The van der Waals surface area contributed by atoms with E-state index in [0.29, 0.717) is 37.9 Å². The maximum atomic E-state index is 14.0. The number of guanidine groups is 2. The van der Waals surface area contributed by atoms with E-state index in [1.54, 1.807) is 75.7 Å². The van der Waals surface area contributed by atoms with Crippen LogP contribution in [0.25, 0.3) is 0 Å². The third kappa shape index (κ3) is 8.89. The van der Waals surface area contributed by atoms with E-state index in [1.165, 1.54) is 4.90 Å². The van der Waals surface area contributed by atoms with Crippen molar-refractivity contribution in [1.82, 2.24) is 31.1 Å². The molecule has 0 aromatic rings. The van der Waals surface area contributed by atoms with Crippen LogP contribution >= 0.6 is 0 Å². The number of aliphatic hydroxyl groups is 2. The fraction of sp³-hybridized carbons (Fsp3) is 0.568. The predicted molar refractivity (Wildman–Crippen MR) is 233 cm³/mol. The molecule has 5 aliphatic heterocycles. The van der Waals surface area contributed by atoms with Crippen LogP contribution in [0.15, 0.2) is 79.5 Å². The summed E-state index contributed by atoms with van der Waals surface area (Å²) in [6, 6.07) is -3.94. The lowest BCUT2D eigenvalue weighted by Gasteiger charge is -2.62. The maximum Gasteiger partial charge on any atom is 0.341 e. The summed E-state index contributed by atoms with van der Waals surface area (Å²) in [5.41, 5.74) is 0.0792. The number of hydrogen-bond donors (Lipinski definition) is 6. The van der Waals surface area contributed by atoms with Crippen LogP contribution in [0, 0.1) is 22.7 Å². The first-order valence-electron chi connectivity index (χ1n) is 21.5. The number of likely N-dealkylation sites (N-methyl/N-ethyl adjacent to an activating group) is 1. The summed E-state index contributed by atoms with van der Waals surface area (Å²) in [6.07, 6.45) is 11.9. The summed E-state index contributed by atoms with van der Waals surface area (Å²) < 4.78 is 11.0. The van der Waals surface area contributed by atoms with Gasteiger partial charge in [0, 0.05) is 36.1 Å². The van der Waals surface area contributed by atoms with E-state index in [2.05, 4.69) is 54.7 Å². The highest BCUT2D eigenvalue weighted by atomic mass is 16.5. The molecule has 5 heterocycles. The number of hydrogen-bond acceptors (Lipinski definition) is 16. The van der Waals surface area contributed by atoms with Gasteiger partial charge in [-0.25, -0.2) is 29.6 Å². The van der Waals surface area contributed by atoms with Gasteiger partial charge >= 0.3 is 11.9 Å². The molecular formula is C44H58N10O9. The fourth-order valence-corrected chi connectivity index (χ4v) is 10.2. The molecule has 2 saturated carbocycles. The summed E-state index contributed by atoms with van der Waals surface area (Å²) in [4.78, 5) is 86.6. The van der Waals surface area contributed by atoms with Crippen LogP contribution in [0.2, 0.25) is 0 Å². The van der Waals surface area contributed by atoms with Crippen molar-refractivity contribution in [3.63, 3.8) is 0 Å². The minimum Gasteiger partial charge on any atom is -0.464 e. The van der Waals surface area contributed by atoms with Crippen LogP contribution in [0.4, 0.5) is 0 Å². The smallest absolute Gasteiger partial charge is 0.341 e. The molecule has 19 heteroatoms. The standard InChI is InChI=1S/C44H58N10O9/c1-8-62-40(61)35-38(59)54-21-26(9-10-34(54)53(35)7)17-27-18-28(39(60)63-27)31(50-25(4)37(58)52-42-47-15-16-48-42)19-29-23(2)30(49-24(3)36(57)51-41-45-13-14-46-41)20-32-43(29,5)12-11-33(56)44(32,6)22-55/h9-10,13,15,17-18,21,24-25,29-35,49-50,55-56H,2,8,11-12,14,16,19-20,22H2,1,3-7H3,(H,46,51,57)(H,48,52,58)/b27-17+/t24?,25?,29?,30?,31?,32?,33-,34?,35?,43-,44+/m1/s1. The fourth-order valence-electron chi connectivity index (χ4n) is 10.2. The van der Waals surface area contributed by atoms with E-state index in [1.807, 2.05) is 6.92 Å². The van der Waals surface area contributed by atoms with Gasteiger partial charge in [-0.3, -0.25) is 45.5 Å². The van der Waals surface area contributed by atoms with Crippen molar-refractivity contribution in [1.29, 1.82) is 0 Å². The first-order valence-corrected chi connectivity index (χ1v) is 21.5. The van der Waals surface area contributed by atoms with Crippen LogP contribution < -0.4 is 21.3 Å². The van der Waals surface area contributed by atoms with E-state index in [0.717, 1.165) is 5.57 Å². The van der Waals surface area contributed by atoms with Crippen LogP contribution in [0.5, 0.6) is 0 Å². The number of fused-ring (bicyclic) bond motifs is 2. The van der Waals surface area contributed by atoms with Gasteiger partial charge in [0.25, 0.3) is 5.91 Å². The Kier molecular flexibility index (Phi) is 13.2. The molecule has 8 unspecified atom stereocenters. The van der Waals surface area contributed by atoms with E-state index < -0.39 is 77.1 Å². The molecule has 7 rings (SSSR count). The lowest BCUT2D eigenvalue weighted by atomic mass is 9.45. The number of amides is 3. The van der Waals surface area contributed by atoms with Crippen molar-refractivity contribution in [2.75, 3.05) is 33.4 Å². The van der Waals surface area contributed by atoms with Crippen LogP contribution in [0.1, 0.15) is 60.3 Å². The molecule has 3 fully saturated rings. The number of aliphatic imine (C=N–C) groups is 4. The number of ether oxygens (including phenoxy) is 2. The highest BCUT2D eigenvalue weighted by Crippen LogP contribution is 2.62. The molecule has 0 spiro atoms. The van der Waals surface area contributed by atoms with Gasteiger partial charge in [0.15, 0.2) is 6.04 Å². The second-order valence-corrected chi connectivity index (χ2v) is 17.7. The molecule has 19 nitrogen and oxygen atoms in total. The topological polar surface area (TPSA) is 248 Å². The molecule has 0 aromatic heterocycles. The Bertz CT molecular complexity index is 2180. The zero-order valence-electron chi connectivity index (χ0n) is 36.5. The Balaban J connectivity index is 1.21. The number of rotatable bonds is 13. The highest BCUT2D eigenvalue weighted by Gasteiger charge is 2.60. The van der Waals surface area contributed by atoms with Crippen LogP contribution in [-0.2, 0) is 33.4 Å². The van der Waals surface area contributed by atoms with Crippen molar-refractivity contribution in [2.45, 2.75) is 103 Å². The predicted octanol–water partition coefficient (Wildman–Crippen LogP) is 0.388. The minimum absolute atomic E-state index is 0.135. The Morgan fingerprint density at radius 1 is 1.08 bits per heavy atom. The summed E-state index contributed by atoms with van der Waals surface area (Å²) in [7, 11) is 1.67. The minimum atomic E-state index is -1.10. The Hall–Kier alpha value is -5.47. The average molecular weight is 871 g/mol. The van der Waals surface area contributed by atoms with E-state index in [4.69, 9.17) is 9.47 Å². The molecule has 7 aliphatic rings. The summed E-state index contributed by atoms with van der Waals surface area (Å²) in [6.45, 7) is 14.3. The maximum absolute atomic E-state index is 14.0. The number of cyclic esters (lactones) is 1. The van der Waals surface area contributed by atoms with Crippen LogP contribution in [-0.4, -0.2) is 150 Å². The van der Waals surface area contributed by atoms with Gasteiger partial charge in [0.2, 0.25) is 23.7 Å². The van der Waals surface area contributed by atoms with Crippen molar-refractivity contribution in [3.05, 3.63) is 59.6 Å². The number of carbonyl (C=O) groups excluding carboxylic acids is 5. The van der Waals surface area contributed by atoms with Gasteiger partial charge < -0.3 is 19.7 Å². The zero-order chi connectivity index (χ0) is 45.4. The van der Waals surface area contributed by atoms with Crippen LogP contribution in [0.3, 0.4) is 0 Å². The molecule has 11 atom stereocenters. The molecule has 6 N–H and O–H groups in total. The van der Waals surface area contributed by atoms with Gasteiger partial charge in [-0.15, -0.1) is 0 Å². The lowest BCUT2D eigenvalue weighted by molar-refractivity contribution is -0.156. The highest BCUT2D eigenvalue weighted by molar-refractivity contribution is 6.05. The Labute approximate surface area is 366 Å². The summed E-state index contributed by atoms with van der Waals surface area (Å²) >= 11 is 0. The average Bonchev–Trinajstić information content (AvgIpc) is 4.08. The van der Waals surface area contributed by atoms with Gasteiger partial charge in [0.05, 0.1) is 50.1 Å². The Morgan fingerprint density at radius 2 is 1.75 bits per heavy atom. The first-order chi connectivity index (χ1) is 30.0. The van der Waals surface area contributed by atoms with Crippen molar-refractivity contribution >= 4 is 54.0 Å². The van der Waals surface area contributed by atoms with Crippen molar-refractivity contribution in [2.24, 2.45) is 42.6 Å². The summed E-state index contributed by atoms with van der Waals surface area (Å²) in [5.74, 6) is -2.54. The van der Waals surface area contributed by atoms with Gasteiger partial charge in [0.1, 0.15) is 11.9 Å². The molecule has 2 aliphatic carbocycles. The number of aliphatic hydroxyl groups excluding tert-OH is 2. The number of nitrogens with zero attached hydrogens (tertiary/aromatic N) is 6. The largest absolute Gasteiger partial charge is 0.464 e. The monoisotopic (exact) mass is 870 g/mol. The van der Waals surface area contributed by atoms with E-state index in [9.17, 15) is 34.2 Å². The summed E-state index contributed by atoms with van der Waals surface area (Å²) in [5, 5.41) is 34.7. The number of allylic oxidation sites excluding steroid dienone is 4. The molecule has 1 saturated heterocycles. The number of carbonyl (C=O) groups is 5. The first kappa shape index (κ1) is 45.6. The Morgan fingerprint density at radius 3 is 2.37 bits per heavy atom. The van der Waals surface area contributed by atoms with Gasteiger partial charge in [-0.2, -0.15) is 0 Å². The van der Waals surface area contributed by atoms with E-state index in [-0.39, 0.29) is 60.6 Å². The molecule has 0 radical (unpaired) electrons. The van der Waals surface area contributed by atoms with Crippen molar-refractivity contribution in [3.8, 4) is 0 Å². The molecule has 63 heavy (non-hydrogen) atoms. The molecule has 0 bridgehead atoms. The third-order valence-corrected chi connectivity index (χ3v) is 13.8. The number of nitrogens with one attached hydrogen (secondary N) is 4. The lowest BCUT2D eigenvalue weighted by Crippen LogP contribution is -2.63. The van der Waals surface area contributed by atoms with Crippen molar-refractivity contribution < 1.29 is 43.7 Å². The molecule has 338 valence electrons. The molecular weight excluding hydrogens is 813 g/mol. The zero-order valence-corrected chi connectivity index (χ0v) is 36.5. The van der Waals surface area contributed by atoms with Gasteiger partial charge in [-0.1, -0.05) is 32.1 Å². The SMILES string of the molecule is C=C1C(NC(C)C(=O)NC2=NCC=N2)CC2[C@](C)(CC[C@@H](O)[C@@]2(C)CO)C1CC(NC(C)C(=O)NC1=NCC=N1)C1=C/C(=C\C2=CN3C(=O)C(C(=O)OCC)N(C)C3C=C2)OC1=O. The number of esters is 2. The molecule has 0 aromatic carbocycles. The molecule has 3 amide bonds. The quantitative estimate of drug-likeness (QED) is 0.0836. The normalized spacial score (nSPS) is 33.2. The van der Waals surface area contributed by atoms with E-state index >= 15 is 0 Å². The van der Waals surface area contributed by atoms with Gasteiger partial charge in [-0.05, 0) is 94.6 Å².